The van der Waals surface area contributed by atoms with E-state index in [1.807, 2.05) is 0 Å². The Balaban J connectivity index is 1.61. The fourth-order valence-corrected chi connectivity index (χ4v) is 3.45. The first-order chi connectivity index (χ1) is 12.0. The van der Waals surface area contributed by atoms with Crippen molar-refractivity contribution in [2.75, 3.05) is 13.1 Å². The van der Waals surface area contributed by atoms with Gasteiger partial charge < -0.3 is 4.90 Å². The van der Waals surface area contributed by atoms with Gasteiger partial charge in [-0.3, -0.25) is 9.36 Å². The number of aromatic nitrogens is 3. The van der Waals surface area contributed by atoms with E-state index in [1.165, 1.54) is 26.3 Å². The third-order valence-electron chi connectivity index (χ3n) is 4.81. The summed E-state index contributed by atoms with van der Waals surface area (Å²) in [4.78, 5) is 26.8. The molecule has 1 unspecified atom stereocenters. The van der Waals surface area contributed by atoms with Crippen LogP contribution in [0.25, 0.3) is 0 Å². The van der Waals surface area contributed by atoms with Crippen LogP contribution in [0.4, 0.5) is 8.78 Å². The second kappa shape index (κ2) is 6.09. The van der Waals surface area contributed by atoms with Crippen molar-refractivity contribution >= 4 is 5.91 Å². The average Bonchev–Trinajstić information content (AvgIpc) is 2.89. The van der Waals surface area contributed by atoms with Gasteiger partial charge in [-0.05, 0) is 30.5 Å². The number of carbonyl (C=O) groups is 1. The smallest absolute Gasteiger partial charge is 0.335 e. The van der Waals surface area contributed by atoms with Gasteiger partial charge in [-0.25, -0.2) is 18.3 Å². The summed E-state index contributed by atoms with van der Waals surface area (Å²) in [6.45, 7) is 0.419. The summed E-state index contributed by atoms with van der Waals surface area (Å²) in [6, 6.07) is 5.26. The van der Waals surface area contributed by atoms with Crippen LogP contribution in [0.2, 0.25) is 0 Å². The summed E-state index contributed by atoms with van der Waals surface area (Å²) in [5, 5.41) is 4.35. The van der Waals surface area contributed by atoms with Gasteiger partial charge in [0.1, 0.15) is 23.9 Å². The van der Waals surface area contributed by atoms with E-state index >= 15 is 0 Å². The number of fused-ring (bicyclic) bond motifs is 1. The molecule has 1 aromatic carbocycles. The largest absolute Gasteiger partial charge is 0.346 e. The molecule has 0 radical (unpaired) electrons. The summed E-state index contributed by atoms with van der Waals surface area (Å²) < 4.78 is 28.8. The Hall–Kier alpha value is -2.51. The van der Waals surface area contributed by atoms with Gasteiger partial charge in [-0.2, -0.15) is 5.10 Å². The molecule has 25 heavy (non-hydrogen) atoms. The number of rotatable bonds is 3. The van der Waals surface area contributed by atoms with E-state index in [0.29, 0.717) is 18.7 Å². The maximum Gasteiger partial charge on any atom is 0.346 e. The van der Waals surface area contributed by atoms with Crippen molar-refractivity contribution in [3.63, 3.8) is 0 Å². The van der Waals surface area contributed by atoms with Crippen molar-refractivity contribution in [3.8, 4) is 0 Å². The number of nitrogens with zero attached hydrogens (tertiary/aromatic N) is 4. The Kier molecular flexibility index (Phi) is 3.89. The number of hydrogen-bond donors (Lipinski definition) is 0. The van der Waals surface area contributed by atoms with E-state index < -0.39 is 12.2 Å². The van der Waals surface area contributed by atoms with Crippen LogP contribution in [0, 0.1) is 5.82 Å². The fraction of sp³-hybridized carbons (Fsp3) is 0.471. The van der Waals surface area contributed by atoms with Crippen LogP contribution < -0.4 is 5.69 Å². The van der Waals surface area contributed by atoms with Crippen molar-refractivity contribution in [1.82, 2.24) is 19.2 Å². The lowest BCUT2D eigenvalue weighted by molar-refractivity contribution is -0.142. The minimum absolute atomic E-state index is 0.100. The molecule has 2 aromatic rings. The number of likely N-dealkylation sites (tertiary alicyclic amines) is 1. The molecule has 1 fully saturated rings. The highest BCUT2D eigenvalue weighted by Crippen LogP contribution is 2.26. The molecule has 8 heteroatoms. The number of benzene rings is 1. The SMILES string of the molecule is O=C(C1CCCc2nn(Cc3ccc(F)cc3)c(=O)n21)N1CC(F)C1. The van der Waals surface area contributed by atoms with Crippen LogP contribution in [0.5, 0.6) is 0 Å². The van der Waals surface area contributed by atoms with Gasteiger partial charge in [0.25, 0.3) is 0 Å². The highest BCUT2D eigenvalue weighted by atomic mass is 19.1. The van der Waals surface area contributed by atoms with Crippen LogP contribution in [0.1, 0.15) is 30.3 Å². The molecule has 1 atom stereocenters. The highest BCUT2D eigenvalue weighted by Gasteiger charge is 2.38. The third kappa shape index (κ3) is 2.85. The van der Waals surface area contributed by atoms with Gasteiger partial charge in [-0.15, -0.1) is 0 Å². The minimum Gasteiger partial charge on any atom is -0.335 e. The molecule has 2 aliphatic rings. The van der Waals surface area contributed by atoms with Crippen LogP contribution in [0.15, 0.2) is 29.1 Å². The van der Waals surface area contributed by atoms with Gasteiger partial charge >= 0.3 is 5.69 Å². The van der Waals surface area contributed by atoms with Crippen molar-refractivity contribution in [2.24, 2.45) is 0 Å². The van der Waals surface area contributed by atoms with Crippen molar-refractivity contribution in [1.29, 1.82) is 0 Å². The summed E-state index contributed by atoms with van der Waals surface area (Å²) >= 11 is 0. The molecular formula is C17H18F2N4O2. The molecule has 6 nitrogen and oxygen atoms in total. The van der Waals surface area contributed by atoms with E-state index in [-0.39, 0.29) is 37.0 Å². The first-order valence-electron chi connectivity index (χ1n) is 8.38. The average molecular weight is 348 g/mol. The second-order valence-electron chi connectivity index (χ2n) is 6.60. The van der Waals surface area contributed by atoms with Crippen molar-refractivity contribution in [2.45, 2.75) is 38.0 Å². The Morgan fingerprint density at radius 3 is 2.64 bits per heavy atom. The summed E-state index contributed by atoms with van der Waals surface area (Å²) in [5.74, 6) is 0.0268. The Labute approximate surface area is 142 Å². The lowest BCUT2D eigenvalue weighted by Crippen LogP contribution is -2.54. The molecule has 2 aliphatic heterocycles. The molecule has 3 heterocycles. The Bertz CT molecular complexity index is 853. The molecule has 132 valence electrons. The Morgan fingerprint density at radius 1 is 1.24 bits per heavy atom. The zero-order valence-corrected chi connectivity index (χ0v) is 13.6. The molecule has 0 N–H and O–H groups in total. The first-order valence-corrected chi connectivity index (χ1v) is 8.38. The van der Waals surface area contributed by atoms with Crippen molar-refractivity contribution in [3.05, 3.63) is 52.0 Å². The second-order valence-corrected chi connectivity index (χ2v) is 6.60. The normalized spacial score (nSPS) is 20.2. The zero-order chi connectivity index (χ0) is 17.6. The lowest BCUT2D eigenvalue weighted by atomic mass is 10.0. The van der Waals surface area contributed by atoms with E-state index in [9.17, 15) is 18.4 Å². The number of amides is 1. The van der Waals surface area contributed by atoms with Crippen LogP contribution in [0.3, 0.4) is 0 Å². The number of alkyl halides is 1. The minimum atomic E-state index is -0.968. The topological polar surface area (TPSA) is 60.1 Å². The van der Waals surface area contributed by atoms with Gasteiger partial charge in [-0.1, -0.05) is 12.1 Å². The number of halogens is 2. The van der Waals surface area contributed by atoms with Crippen LogP contribution >= 0.6 is 0 Å². The van der Waals surface area contributed by atoms with Gasteiger partial charge in [0.2, 0.25) is 5.91 Å². The number of hydrogen-bond acceptors (Lipinski definition) is 3. The molecule has 1 aromatic heterocycles. The summed E-state index contributed by atoms with van der Waals surface area (Å²) in [6.07, 6.45) is 0.976. The van der Waals surface area contributed by atoms with Gasteiger partial charge in [0, 0.05) is 6.42 Å². The fourth-order valence-electron chi connectivity index (χ4n) is 3.45. The third-order valence-corrected chi connectivity index (χ3v) is 4.81. The molecule has 1 saturated heterocycles. The van der Waals surface area contributed by atoms with Crippen LogP contribution in [-0.2, 0) is 17.8 Å². The maximum absolute atomic E-state index is 13.0. The Morgan fingerprint density at radius 2 is 1.96 bits per heavy atom. The summed E-state index contributed by atoms with van der Waals surface area (Å²) in [5.41, 5.74) is 0.402. The molecule has 0 saturated carbocycles. The molecule has 0 aliphatic carbocycles. The monoisotopic (exact) mass is 348 g/mol. The predicted molar refractivity (Wildman–Crippen MR) is 85.4 cm³/mol. The number of aryl methyl sites for hydroxylation is 1. The molecule has 0 bridgehead atoms. The first kappa shape index (κ1) is 16.0. The predicted octanol–water partition coefficient (Wildman–Crippen LogP) is 1.29. The van der Waals surface area contributed by atoms with Crippen LogP contribution in [-0.4, -0.2) is 44.4 Å². The maximum atomic E-state index is 13.0. The highest BCUT2D eigenvalue weighted by molar-refractivity contribution is 5.81. The molecule has 0 spiro atoms. The van der Waals surface area contributed by atoms with Gasteiger partial charge in [0.15, 0.2) is 0 Å². The van der Waals surface area contributed by atoms with Gasteiger partial charge in [0.05, 0.1) is 19.6 Å². The van der Waals surface area contributed by atoms with E-state index in [4.69, 9.17) is 0 Å². The van der Waals surface area contributed by atoms with Crippen molar-refractivity contribution < 1.29 is 13.6 Å². The quantitative estimate of drug-likeness (QED) is 0.840. The lowest BCUT2D eigenvalue weighted by Gasteiger charge is -2.37. The van der Waals surface area contributed by atoms with E-state index in [0.717, 1.165) is 12.0 Å². The summed E-state index contributed by atoms with van der Waals surface area (Å²) in [7, 11) is 0. The number of carbonyl (C=O) groups excluding carboxylic acids is 1. The molecule has 1 amide bonds. The van der Waals surface area contributed by atoms with E-state index in [1.54, 1.807) is 12.1 Å². The van der Waals surface area contributed by atoms with E-state index in [2.05, 4.69) is 5.10 Å². The molecular weight excluding hydrogens is 330 g/mol. The zero-order valence-electron chi connectivity index (χ0n) is 13.6. The molecule has 4 rings (SSSR count). The standard InChI is InChI=1S/C17H18F2N4O2/c18-12-6-4-11(5-7-12)8-22-17(25)23-14(2-1-3-15(23)20-22)16(24)21-9-13(19)10-21/h4-7,13-14H,1-3,8-10H2.